The number of rotatable bonds is 14. The molecule has 12 aromatic heterocycles. The second kappa shape index (κ2) is 48.1. The molecule has 0 unspecified atom stereocenters. The van der Waals surface area contributed by atoms with Crippen molar-refractivity contribution in [2.75, 3.05) is 0 Å². The van der Waals surface area contributed by atoms with Crippen LogP contribution in [0.1, 0.15) is 283 Å². The summed E-state index contributed by atoms with van der Waals surface area (Å²) in [6.07, 6.45) is 17.2. The van der Waals surface area contributed by atoms with Crippen LogP contribution in [0.25, 0.3) is 134 Å². The smallest absolute Gasteiger partial charge is 0.216 e. The molecule has 3 radical (unpaired) electrons. The van der Waals surface area contributed by atoms with Crippen molar-refractivity contribution < 1.29 is 101 Å². The van der Waals surface area contributed by atoms with Gasteiger partial charge in [-0.3, -0.25) is 0 Å². The molecular weight excluding hydrogens is 2280 g/mol. The van der Waals surface area contributed by atoms with Gasteiger partial charge in [-0.05, 0) is 244 Å². The first-order chi connectivity index (χ1) is 74.5. The van der Waals surface area contributed by atoms with Crippen LogP contribution in [0.4, 0.5) is 0 Å². The average molecular weight is 2430 g/mol. The summed E-state index contributed by atoms with van der Waals surface area (Å²) in [5, 5.41) is 5.91. The van der Waals surface area contributed by atoms with E-state index in [1.54, 1.807) is 67.4 Å². The van der Waals surface area contributed by atoms with Crippen LogP contribution < -0.4 is 0 Å². The number of nitrogens with zero attached hydrogens (tertiary/aromatic N) is 9. The largest absolute Gasteiger partial charge is 0.486 e. The van der Waals surface area contributed by atoms with Crippen LogP contribution in [-0.2, 0) is 92.2 Å². The molecule has 18 aromatic rings. The molecular formula is C127H137Ir3N9O3-6. The third-order valence-electron chi connectivity index (χ3n) is 25.2. The molecule has 3 aliphatic carbocycles. The van der Waals surface area contributed by atoms with Crippen molar-refractivity contribution in [2.45, 2.75) is 266 Å². The maximum Gasteiger partial charge on any atom is 0.216 e. The van der Waals surface area contributed by atoms with E-state index in [0.29, 0.717) is 107 Å². The van der Waals surface area contributed by atoms with Gasteiger partial charge in [-0.2, -0.15) is 0 Å². The van der Waals surface area contributed by atoms with E-state index in [2.05, 4.69) is 107 Å². The Kier molecular flexibility index (Phi) is 28.3. The van der Waals surface area contributed by atoms with E-state index in [0.717, 1.165) is 177 Å². The van der Waals surface area contributed by atoms with Crippen LogP contribution >= 0.6 is 0 Å². The zero-order valence-electron chi connectivity index (χ0n) is 104. The SMILES string of the molecule is [2H]C([2H])([2H])c1c[c-]c(-c2cc(C)c(C([2H])([2H])C(C)(C)C)cn2)cc1.[2H]C([2H])([2H])c1c[c-]c(-c2cc(C)c(C([2H])([2H])C(C)(C)C)cn2)cc1.[2H]C([2H])([2H])c1c[c-]c(-c2cc(C)c(C([2H])([2H])C(C)(C)C)cn2)cc1.[2H]C([2H])(c1ccnc(-c2[c-]ccc3c2oc2nc(C)ccc23)c1)C1(C)CCC(C)CC1.[2H]C([2H])(c1ccnc(-c2[c-]ccc3c2oc2nc(C)ccc23)c1)C1CCCCC1.[2H]C1(c2ccnc(-c3[c-]ccc4c3oc3nc(C)ccc34)c2)CCCCC1.[Ir].[Ir].[Ir]. The third-order valence-corrected chi connectivity index (χ3v) is 25.2. The summed E-state index contributed by atoms with van der Waals surface area (Å²) >= 11 is 0. The molecule has 0 amide bonds. The molecule has 0 spiro atoms. The first kappa shape index (κ1) is 83.3. The molecule has 741 valence electrons. The van der Waals surface area contributed by atoms with Crippen molar-refractivity contribution in [1.29, 1.82) is 0 Å². The van der Waals surface area contributed by atoms with E-state index in [9.17, 15) is 0 Å². The van der Waals surface area contributed by atoms with Crippen molar-refractivity contribution >= 4 is 66.2 Å². The first-order valence-corrected chi connectivity index (χ1v) is 48.5. The predicted octanol–water partition coefficient (Wildman–Crippen LogP) is 33.6. The van der Waals surface area contributed by atoms with Gasteiger partial charge >= 0.3 is 0 Å². The second-order valence-electron chi connectivity index (χ2n) is 40.6. The molecule has 21 rings (SSSR count). The van der Waals surface area contributed by atoms with E-state index in [1.165, 1.54) is 31.0 Å². The zero-order valence-corrected chi connectivity index (χ0v) is 91.3. The number of benzene rings is 6. The van der Waals surface area contributed by atoms with Crippen molar-refractivity contribution in [3.8, 4) is 67.5 Å². The minimum absolute atomic E-state index is 0. The number of pyridine rings is 9. The van der Waals surface area contributed by atoms with Crippen LogP contribution in [0, 0.1) is 132 Å². The predicted molar refractivity (Wildman–Crippen MR) is 574 cm³/mol. The Morgan fingerprint density at radius 3 is 1.08 bits per heavy atom. The van der Waals surface area contributed by atoms with Gasteiger partial charge in [0.1, 0.15) is 0 Å². The van der Waals surface area contributed by atoms with Crippen molar-refractivity contribution in [2.24, 2.45) is 33.5 Å². The standard InChI is InChI=1S/C26H27N2O.C24H23N2O.C23H21N2O.3C18H22N.3Ir/c1-17-9-12-26(3,13-10-17)16-19-11-14-27-23(15-19)22-6-4-5-20-21-8-7-18(2)28-25(21)29-24(20)22;1-16-10-11-20-19-8-5-9-21(23(19)27-24(20)26-16)22-15-18(12-13-25-22)14-17-6-3-2-4-7-17;1-15-10-11-19-18-8-5-9-20(22(18)26-23(19)25-15)21-14-17(12-13-24-21)16-6-3-2-4-7-16;3*1-13-6-8-15(9-7-13)17-10-14(2)16(12-19-17)11-18(3,4)5;;;/h4-5,7-8,11,14-15,17H,9-10,12-13,16H2,1-3H3;5,8,10-13,15,17H,2-4,6-7,14H2,1H3;5,8,10-14,16H,2-4,6-7H2,1H3;3*6-8,10,12H,11H2,1-5H3;;;/q6*-1;;;/i16D2;14D2;16D;3*1D3,11D2;;;. The van der Waals surface area contributed by atoms with Crippen molar-refractivity contribution in [3.05, 3.63) is 339 Å². The molecule has 12 nitrogen and oxygen atoms in total. The number of aromatic nitrogens is 9. The summed E-state index contributed by atoms with van der Waals surface area (Å²) < 4.78 is 180. The number of hydrogen-bond acceptors (Lipinski definition) is 12. The van der Waals surface area contributed by atoms with Gasteiger partial charge < -0.3 is 43.2 Å². The molecule has 3 saturated carbocycles. The van der Waals surface area contributed by atoms with E-state index < -0.39 is 74.6 Å². The van der Waals surface area contributed by atoms with E-state index >= 15 is 0 Å². The molecule has 0 atom stereocenters. The van der Waals surface area contributed by atoms with Crippen LogP contribution in [0.5, 0.6) is 0 Å². The van der Waals surface area contributed by atoms with E-state index in [4.69, 9.17) is 40.7 Å². The Labute approximate surface area is 912 Å². The first-order valence-electron chi connectivity index (χ1n) is 58.5. The molecule has 0 aliphatic heterocycles. The van der Waals surface area contributed by atoms with Crippen LogP contribution in [0.2, 0.25) is 0 Å². The Balaban J connectivity index is 0.000000160. The third kappa shape index (κ3) is 28.4. The minimum atomic E-state index is -2.15. The van der Waals surface area contributed by atoms with Crippen LogP contribution in [0.15, 0.2) is 232 Å². The van der Waals surface area contributed by atoms with Gasteiger partial charge in [-0.1, -0.05) is 264 Å². The fourth-order valence-corrected chi connectivity index (χ4v) is 17.9. The maximum absolute atomic E-state index is 9.05. The molecule has 6 aromatic carbocycles. The van der Waals surface area contributed by atoms with Gasteiger partial charge in [0.15, 0.2) is 0 Å². The molecule has 0 saturated heterocycles. The molecule has 0 N–H and O–H groups in total. The van der Waals surface area contributed by atoms with Crippen LogP contribution in [-0.4, -0.2) is 44.9 Å². The summed E-state index contributed by atoms with van der Waals surface area (Å²) in [4.78, 5) is 40.3. The Hall–Kier alpha value is -11.0. The van der Waals surface area contributed by atoms with Gasteiger partial charge in [-0.15, -0.1) is 161 Å². The number of aryl methyl sites for hydroxylation is 9. The summed E-state index contributed by atoms with van der Waals surface area (Å²) in [6.45, 7) is 26.1. The van der Waals surface area contributed by atoms with Gasteiger partial charge in [-0.25, -0.2) is 15.0 Å². The fourth-order valence-electron chi connectivity index (χ4n) is 17.9. The summed E-state index contributed by atoms with van der Waals surface area (Å²) in [7, 11) is 0. The average Bonchev–Trinajstić information content (AvgIpc) is 1.60. The number of furan rings is 3. The fraction of sp³-hybridized carbons (Fsp3) is 0.362. The van der Waals surface area contributed by atoms with Gasteiger partial charge in [0.2, 0.25) is 17.1 Å². The van der Waals surface area contributed by atoms with E-state index in [-0.39, 0.29) is 88.3 Å². The number of hydrogen-bond donors (Lipinski definition) is 0. The molecule has 15 heteroatoms. The molecule has 0 bridgehead atoms. The molecule has 142 heavy (non-hydrogen) atoms. The van der Waals surface area contributed by atoms with Gasteiger partial charge in [0.05, 0.1) is 16.7 Å². The summed E-state index contributed by atoms with van der Waals surface area (Å²) in [6, 6.07) is 73.4. The quantitative estimate of drug-likeness (QED) is 0.0951. The normalized spacial score (nSPS) is 18.2. The zero-order chi connectivity index (χ0) is 115. The summed E-state index contributed by atoms with van der Waals surface area (Å²) in [5.74, 6) is 0.232. The van der Waals surface area contributed by atoms with E-state index in [1.807, 2.05) is 225 Å². The maximum atomic E-state index is 9.05. The Morgan fingerprint density at radius 1 is 0.380 bits per heavy atom. The Morgan fingerprint density at radius 2 is 0.732 bits per heavy atom. The number of fused-ring (bicyclic) bond motifs is 9. The van der Waals surface area contributed by atoms with Gasteiger partial charge in [0.25, 0.3) is 0 Å². The minimum Gasteiger partial charge on any atom is -0.486 e. The molecule has 3 fully saturated rings. The van der Waals surface area contributed by atoms with Gasteiger partial charge in [0, 0.05) is 158 Å². The van der Waals surface area contributed by atoms with Crippen molar-refractivity contribution in [3.63, 3.8) is 0 Å². The summed E-state index contributed by atoms with van der Waals surface area (Å²) in [5.41, 5.74) is 20.5. The van der Waals surface area contributed by atoms with Crippen LogP contribution in [0.3, 0.4) is 0 Å². The second-order valence-corrected chi connectivity index (χ2v) is 40.6. The Bertz CT molecular complexity index is 7950. The van der Waals surface area contributed by atoms with Crippen molar-refractivity contribution in [1.82, 2.24) is 44.9 Å². The topological polar surface area (TPSA) is 155 Å². The monoisotopic (exact) mass is 2440 g/mol. The molecule has 3 aliphatic rings. The molecule has 12 heterocycles.